The number of nitrogens with zero attached hydrogens (tertiary/aromatic N) is 5. The molecule has 0 spiro atoms. The van der Waals surface area contributed by atoms with Crippen molar-refractivity contribution >= 4 is 29.8 Å². The second-order valence-corrected chi connectivity index (χ2v) is 11.4. The van der Waals surface area contributed by atoms with Crippen molar-refractivity contribution in [2.75, 3.05) is 20.7 Å². The summed E-state index contributed by atoms with van der Waals surface area (Å²) in [5.74, 6) is -1.31. The number of carbonyl (C=O) groups excluding carboxylic acids is 4. The number of fused-ring (bicyclic) bond motifs is 1. The SMILES string of the molecule is C=C/C=C\C(=C/C)CN1C(=O)c2cccc(N=N/C(C(=O)N(C)C3CCCCC3)=C(\OC)N(C=O)C3CCCCC3)c2C1=O.CC.CC.CC. The molecule has 1 aromatic rings. The highest BCUT2D eigenvalue weighted by Gasteiger charge is 2.38. The van der Waals surface area contributed by atoms with Gasteiger partial charge in [-0.05, 0) is 50.3 Å². The topological polar surface area (TPSA) is 112 Å². The standard InChI is InChI=1S/C34H43N5O5.3C2H6/c1-5-7-15-24(6-2)22-38-31(41)27-20-14-21-28(29(27)32(38)42)35-36-30(33(43)37(3)25-16-10-8-11-17-25)34(44-4)39(23-40)26-18-12-9-13-19-26;3*1-2/h5-7,14-15,20-21,23,25-26H,1,8-13,16-19,22H2,2-4H3;3*1-2H3/b15-7-,24-6+,34-30-,36-35?;;;. The number of hydrogen-bond donors (Lipinski definition) is 0. The molecule has 2 saturated carbocycles. The molecule has 10 heteroatoms. The minimum Gasteiger partial charge on any atom is -0.480 e. The summed E-state index contributed by atoms with van der Waals surface area (Å²) in [5, 5.41) is 8.78. The number of hydrogen-bond acceptors (Lipinski definition) is 7. The predicted molar refractivity (Wildman–Crippen MR) is 202 cm³/mol. The summed E-state index contributed by atoms with van der Waals surface area (Å²) in [7, 11) is 3.16. The summed E-state index contributed by atoms with van der Waals surface area (Å²) < 4.78 is 5.73. The molecule has 4 amide bonds. The average Bonchev–Trinajstić information content (AvgIpc) is 3.43. The van der Waals surface area contributed by atoms with E-state index < -0.39 is 17.7 Å². The summed E-state index contributed by atoms with van der Waals surface area (Å²) in [6.07, 6.45) is 17.2. The number of allylic oxidation sites excluding steroid dienone is 3. The van der Waals surface area contributed by atoms with Gasteiger partial charge in [0, 0.05) is 19.1 Å². The zero-order chi connectivity index (χ0) is 37.6. The number of azo groups is 1. The molecule has 1 aliphatic heterocycles. The molecule has 0 N–H and O–H groups in total. The Morgan fingerprint density at radius 2 is 1.52 bits per heavy atom. The van der Waals surface area contributed by atoms with Gasteiger partial charge in [-0.2, -0.15) is 0 Å². The van der Waals surface area contributed by atoms with E-state index in [-0.39, 0.29) is 47.0 Å². The van der Waals surface area contributed by atoms with Gasteiger partial charge < -0.3 is 9.64 Å². The molecular weight excluding hydrogens is 630 g/mol. The van der Waals surface area contributed by atoms with Crippen LogP contribution in [-0.2, 0) is 14.3 Å². The number of rotatable bonds is 12. The largest absolute Gasteiger partial charge is 0.480 e. The molecular formula is C40H61N5O5. The molecule has 0 radical (unpaired) electrons. The van der Waals surface area contributed by atoms with E-state index in [2.05, 4.69) is 16.8 Å². The van der Waals surface area contributed by atoms with Crippen LogP contribution in [0.25, 0.3) is 0 Å². The number of benzene rings is 1. The third kappa shape index (κ3) is 11.1. The van der Waals surface area contributed by atoms with E-state index in [0.717, 1.165) is 69.8 Å². The first kappa shape index (κ1) is 43.7. The molecule has 2 aliphatic carbocycles. The first-order valence-corrected chi connectivity index (χ1v) is 18.5. The summed E-state index contributed by atoms with van der Waals surface area (Å²) in [6.45, 7) is 17.6. The van der Waals surface area contributed by atoms with Crippen LogP contribution in [0.4, 0.5) is 5.69 Å². The summed E-state index contributed by atoms with van der Waals surface area (Å²) in [5.41, 5.74) is 1.15. The Hall–Kier alpha value is -4.34. The van der Waals surface area contributed by atoms with Crippen molar-refractivity contribution in [3.05, 3.63) is 77.4 Å². The van der Waals surface area contributed by atoms with Crippen LogP contribution >= 0.6 is 0 Å². The molecule has 0 aromatic heterocycles. The molecule has 1 heterocycles. The third-order valence-electron chi connectivity index (χ3n) is 8.75. The summed E-state index contributed by atoms with van der Waals surface area (Å²) in [4.78, 5) is 57.6. The Morgan fingerprint density at radius 3 is 2.04 bits per heavy atom. The number of amides is 4. The Kier molecular flexibility index (Phi) is 20.9. The van der Waals surface area contributed by atoms with Crippen LogP contribution in [0, 0.1) is 0 Å². The maximum absolute atomic E-state index is 14.1. The van der Waals surface area contributed by atoms with Crippen LogP contribution in [0.15, 0.2) is 76.5 Å². The lowest BCUT2D eigenvalue weighted by Crippen LogP contribution is -2.41. The number of carbonyl (C=O) groups is 4. The second kappa shape index (κ2) is 23.9. The molecule has 10 nitrogen and oxygen atoms in total. The van der Waals surface area contributed by atoms with Crippen LogP contribution < -0.4 is 0 Å². The van der Waals surface area contributed by atoms with Crippen molar-refractivity contribution in [1.29, 1.82) is 0 Å². The number of likely N-dealkylation sites (N-methyl/N-ethyl adjacent to an activating group) is 1. The minimum atomic E-state index is -0.495. The number of imide groups is 1. The van der Waals surface area contributed by atoms with Gasteiger partial charge in [-0.3, -0.25) is 29.0 Å². The Balaban J connectivity index is 0.00000197. The summed E-state index contributed by atoms with van der Waals surface area (Å²) >= 11 is 0. The fourth-order valence-electron chi connectivity index (χ4n) is 6.22. The van der Waals surface area contributed by atoms with Crippen molar-refractivity contribution < 1.29 is 23.9 Å². The molecule has 4 rings (SSSR count). The lowest BCUT2D eigenvalue weighted by molar-refractivity contribution is -0.129. The molecule has 276 valence electrons. The van der Waals surface area contributed by atoms with Crippen molar-refractivity contribution in [3.8, 4) is 0 Å². The maximum Gasteiger partial charge on any atom is 0.279 e. The monoisotopic (exact) mass is 691 g/mol. The van der Waals surface area contributed by atoms with Gasteiger partial charge in [0.15, 0.2) is 0 Å². The van der Waals surface area contributed by atoms with Gasteiger partial charge in [0.1, 0.15) is 0 Å². The van der Waals surface area contributed by atoms with Gasteiger partial charge in [0.2, 0.25) is 18.0 Å². The fraction of sp³-hybridized carbons (Fsp3) is 0.550. The average molecular weight is 692 g/mol. The first-order valence-electron chi connectivity index (χ1n) is 18.5. The van der Waals surface area contributed by atoms with Crippen molar-refractivity contribution in [2.45, 2.75) is 125 Å². The van der Waals surface area contributed by atoms with E-state index in [0.29, 0.717) is 6.41 Å². The van der Waals surface area contributed by atoms with Crippen molar-refractivity contribution in [3.63, 3.8) is 0 Å². The van der Waals surface area contributed by atoms with Gasteiger partial charge >= 0.3 is 0 Å². The highest BCUT2D eigenvalue weighted by Crippen LogP contribution is 2.34. The molecule has 0 unspecified atom stereocenters. The molecule has 1 aromatic carbocycles. The van der Waals surface area contributed by atoms with Crippen molar-refractivity contribution in [1.82, 2.24) is 14.7 Å². The van der Waals surface area contributed by atoms with E-state index >= 15 is 0 Å². The quantitative estimate of drug-likeness (QED) is 0.0541. The van der Waals surface area contributed by atoms with Gasteiger partial charge in [-0.15, -0.1) is 10.2 Å². The number of methoxy groups -OCH3 is 1. The first-order chi connectivity index (χ1) is 24.4. The van der Waals surface area contributed by atoms with Gasteiger partial charge in [-0.1, -0.05) is 117 Å². The normalized spacial score (nSPS) is 17.0. The smallest absolute Gasteiger partial charge is 0.279 e. The van der Waals surface area contributed by atoms with Gasteiger partial charge in [0.25, 0.3) is 17.7 Å². The summed E-state index contributed by atoms with van der Waals surface area (Å²) in [6, 6.07) is 4.71. The lowest BCUT2D eigenvalue weighted by atomic mass is 9.94. The van der Waals surface area contributed by atoms with E-state index in [1.165, 1.54) is 16.9 Å². The van der Waals surface area contributed by atoms with Crippen molar-refractivity contribution in [2.24, 2.45) is 10.2 Å². The van der Waals surface area contributed by atoms with Gasteiger partial charge in [0.05, 0.1) is 30.5 Å². The third-order valence-corrected chi connectivity index (χ3v) is 8.75. The highest BCUT2D eigenvalue weighted by molar-refractivity contribution is 6.23. The van der Waals surface area contributed by atoms with Crippen LogP contribution in [0.2, 0.25) is 0 Å². The lowest BCUT2D eigenvalue weighted by Gasteiger charge is -2.34. The molecule has 0 bridgehead atoms. The number of ether oxygens (including phenoxy) is 1. The van der Waals surface area contributed by atoms with E-state index in [1.807, 2.05) is 54.5 Å². The van der Waals surface area contributed by atoms with E-state index in [9.17, 15) is 19.2 Å². The highest BCUT2D eigenvalue weighted by atomic mass is 16.5. The molecule has 3 aliphatic rings. The zero-order valence-corrected chi connectivity index (χ0v) is 32.0. The van der Waals surface area contributed by atoms with Crippen LogP contribution in [-0.4, -0.2) is 71.6 Å². The van der Waals surface area contributed by atoms with Crippen LogP contribution in [0.3, 0.4) is 0 Å². The maximum atomic E-state index is 14.1. The fourth-order valence-corrected chi connectivity index (χ4v) is 6.22. The van der Waals surface area contributed by atoms with E-state index in [4.69, 9.17) is 4.74 Å². The Morgan fingerprint density at radius 1 is 0.940 bits per heavy atom. The Labute approximate surface area is 301 Å². The second-order valence-electron chi connectivity index (χ2n) is 11.4. The van der Waals surface area contributed by atoms with E-state index in [1.54, 1.807) is 48.4 Å². The minimum absolute atomic E-state index is 0.0311. The van der Waals surface area contributed by atoms with Gasteiger partial charge in [-0.25, -0.2) is 0 Å². The molecule has 0 saturated heterocycles. The predicted octanol–water partition coefficient (Wildman–Crippen LogP) is 9.53. The van der Waals surface area contributed by atoms with Crippen LogP contribution in [0.5, 0.6) is 0 Å². The van der Waals surface area contributed by atoms with Crippen LogP contribution in [0.1, 0.15) is 133 Å². The molecule has 2 fully saturated rings. The Bertz CT molecular complexity index is 1380. The molecule has 50 heavy (non-hydrogen) atoms. The zero-order valence-electron chi connectivity index (χ0n) is 32.0. The molecule has 0 atom stereocenters.